The summed E-state index contributed by atoms with van der Waals surface area (Å²) in [5, 5.41) is 5.67. The fourth-order valence-corrected chi connectivity index (χ4v) is 0.660. The Hall–Kier alpha value is -0.380. The lowest BCUT2D eigenvalue weighted by atomic mass is 11.0. The Balaban J connectivity index is 2.42. The highest BCUT2D eigenvalue weighted by Crippen LogP contribution is 1.98. The molecule has 0 amide bonds. The Morgan fingerprint density at radius 2 is 2.57 bits per heavy atom. The summed E-state index contributed by atoms with van der Waals surface area (Å²) in [7, 11) is 1.90. The molecule has 0 N–H and O–H groups in total. The molecule has 0 aromatic carbocycles. The van der Waals surface area contributed by atoms with Gasteiger partial charge in [-0.3, -0.25) is 9.31 Å². The molecular formula is C3H7N3S. The molecule has 7 heavy (non-hydrogen) atoms. The van der Waals surface area contributed by atoms with Crippen molar-refractivity contribution in [2.75, 3.05) is 13.7 Å². The Morgan fingerprint density at radius 1 is 1.86 bits per heavy atom. The SMILES string of the molecule is CN1CN(S)C=N1. The van der Waals surface area contributed by atoms with E-state index in [9.17, 15) is 0 Å². The molecule has 0 saturated carbocycles. The lowest BCUT2D eigenvalue weighted by molar-refractivity contribution is 0.344. The van der Waals surface area contributed by atoms with E-state index in [0.29, 0.717) is 0 Å². The van der Waals surface area contributed by atoms with Crippen LogP contribution in [-0.2, 0) is 0 Å². The third-order valence-corrected chi connectivity index (χ3v) is 0.961. The monoisotopic (exact) mass is 117 g/mol. The summed E-state index contributed by atoms with van der Waals surface area (Å²) in [6.45, 7) is 0.781. The molecule has 0 bridgehead atoms. The zero-order valence-corrected chi connectivity index (χ0v) is 4.97. The van der Waals surface area contributed by atoms with Crippen LogP contribution in [0.5, 0.6) is 0 Å². The largest absolute Gasteiger partial charge is 0.287 e. The number of nitrogens with zero attached hydrogens (tertiary/aromatic N) is 3. The van der Waals surface area contributed by atoms with Gasteiger partial charge in [-0.05, 0) is 0 Å². The van der Waals surface area contributed by atoms with Gasteiger partial charge < -0.3 is 0 Å². The standard InChI is InChI=1S/C3H7N3S/c1-5-3-6(7)2-4-5/h2,7H,3H2,1H3. The first-order valence-corrected chi connectivity index (χ1v) is 2.40. The second-order valence-corrected chi connectivity index (χ2v) is 1.98. The van der Waals surface area contributed by atoms with Gasteiger partial charge in [0.15, 0.2) is 0 Å². The summed E-state index contributed by atoms with van der Waals surface area (Å²) >= 11 is 3.99. The quantitative estimate of drug-likeness (QED) is 0.450. The van der Waals surface area contributed by atoms with Crippen molar-refractivity contribution in [2.24, 2.45) is 5.10 Å². The van der Waals surface area contributed by atoms with E-state index in [4.69, 9.17) is 0 Å². The van der Waals surface area contributed by atoms with Crippen molar-refractivity contribution in [3.8, 4) is 0 Å². The molecule has 0 aliphatic carbocycles. The van der Waals surface area contributed by atoms with Crippen molar-refractivity contribution < 1.29 is 0 Å². The normalized spacial score (nSPS) is 19.1. The van der Waals surface area contributed by atoms with Crippen LogP contribution in [0.1, 0.15) is 0 Å². The van der Waals surface area contributed by atoms with Gasteiger partial charge in [-0.25, -0.2) is 0 Å². The number of thiol groups is 1. The molecule has 1 heterocycles. The van der Waals surface area contributed by atoms with Gasteiger partial charge in [-0.1, -0.05) is 12.8 Å². The van der Waals surface area contributed by atoms with Crippen molar-refractivity contribution in [3.63, 3.8) is 0 Å². The minimum Gasteiger partial charge on any atom is -0.287 e. The number of rotatable bonds is 0. The molecule has 1 aliphatic heterocycles. The average molecular weight is 117 g/mol. The topological polar surface area (TPSA) is 18.8 Å². The summed E-state index contributed by atoms with van der Waals surface area (Å²) in [5.74, 6) is 0. The van der Waals surface area contributed by atoms with E-state index in [0.717, 1.165) is 6.67 Å². The smallest absolute Gasteiger partial charge is 0.122 e. The van der Waals surface area contributed by atoms with Crippen LogP contribution < -0.4 is 0 Å². The lowest BCUT2D eigenvalue weighted by Gasteiger charge is -2.06. The number of hydrogen-bond donors (Lipinski definition) is 1. The van der Waals surface area contributed by atoms with Crippen molar-refractivity contribution in [1.82, 2.24) is 9.31 Å². The lowest BCUT2D eigenvalue weighted by Crippen LogP contribution is -2.15. The summed E-state index contributed by atoms with van der Waals surface area (Å²) in [5.41, 5.74) is 0. The van der Waals surface area contributed by atoms with E-state index in [1.54, 1.807) is 15.7 Å². The predicted molar refractivity (Wildman–Crippen MR) is 31.9 cm³/mol. The van der Waals surface area contributed by atoms with Crippen molar-refractivity contribution in [3.05, 3.63) is 0 Å². The predicted octanol–water partition coefficient (Wildman–Crippen LogP) is -0.0206. The van der Waals surface area contributed by atoms with E-state index in [-0.39, 0.29) is 0 Å². The van der Waals surface area contributed by atoms with Crippen LogP contribution in [0.2, 0.25) is 0 Å². The third kappa shape index (κ3) is 0.991. The first-order chi connectivity index (χ1) is 3.29. The van der Waals surface area contributed by atoms with Crippen LogP contribution in [0, 0.1) is 0 Å². The molecule has 0 aromatic rings. The third-order valence-electron chi connectivity index (χ3n) is 0.732. The molecule has 0 fully saturated rings. The highest BCUT2D eigenvalue weighted by Gasteiger charge is 2.02. The molecule has 1 aliphatic rings. The Bertz CT molecular complexity index is 82.2. The molecule has 40 valence electrons. The van der Waals surface area contributed by atoms with Crippen LogP contribution in [0.3, 0.4) is 0 Å². The Kier molecular flexibility index (Phi) is 1.10. The second kappa shape index (κ2) is 1.61. The maximum Gasteiger partial charge on any atom is 0.122 e. The van der Waals surface area contributed by atoms with Gasteiger partial charge in [-0.2, -0.15) is 5.10 Å². The van der Waals surface area contributed by atoms with Crippen molar-refractivity contribution >= 4 is 19.2 Å². The van der Waals surface area contributed by atoms with Crippen LogP contribution in [-0.4, -0.2) is 29.4 Å². The van der Waals surface area contributed by atoms with E-state index in [2.05, 4.69) is 17.9 Å². The van der Waals surface area contributed by atoms with Crippen molar-refractivity contribution in [1.29, 1.82) is 0 Å². The van der Waals surface area contributed by atoms with Gasteiger partial charge in [0, 0.05) is 7.05 Å². The molecule has 4 heteroatoms. The van der Waals surface area contributed by atoms with Crippen LogP contribution in [0.4, 0.5) is 0 Å². The molecule has 0 aromatic heterocycles. The van der Waals surface area contributed by atoms with Gasteiger partial charge in [0.25, 0.3) is 0 Å². The molecule has 0 unspecified atom stereocenters. The maximum absolute atomic E-state index is 3.99. The summed E-state index contributed by atoms with van der Waals surface area (Å²) in [6.07, 6.45) is 1.67. The minimum absolute atomic E-state index is 0.781. The van der Waals surface area contributed by atoms with E-state index in [1.807, 2.05) is 7.05 Å². The van der Waals surface area contributed by atoms with Crippen molar-refractivity contribution in [2.45, 2.75) is 0 Å². The van der Waals surface area contributed by atoms with Gasteiger partial charge in [-0.15, -0.1) is 0 Å². The molecule has 0 spiro atoms. The van der Waals surface area contributed by atoms with Gasteiger partial charge in [0.05, 0.1) is 0 Å². The second-order valence-electron chi connectivity index (χ2n) is 1.47. The number of hydrogen-bond acceptors (Lipinski definition) is 4. The van der Waals surface area contributed by atoms with Crippen LogP contribution in [0.15, 0.2) is 5.10 Å². The highest BCUT2D eigenvalue weighted by molar-refractivity contribution is 7.78. The van der Waals surface area contributed by atoms with Crippen LogP contribution >= 0.6 is 12.8 Å². The summed E-state index contributed by atoms with van der Waals surface area (Å²) in [6, 6.07) is 0. The van der Waals surface area contributed by atoms with E-state index < -0.39 is 0 Å². The zero-order chi connectivity index (χ0) is 5.28. The van der Waals surface area contributed by atoms with E-state index >= 15 is 0 Å². The van der Waals surface area contributed by atoms with E-state index in [1.165, 1.54) is 0 Å². The average Bonchev–Trinajstić information content (AvgIpc) is 1.87. The van der Waals surface area contributed by atoms with Gasteiger partial charge in [0.2, 0.25) is 0 Å². The Morgan fingerprint density at radius 3 is 2.71 bits per heavy atom. The number of hydrazone groups is 1. The summed E-state index contributed by atoms with van der Waals surface area (Å²) in [4.78, 5) is 0. The Labute approximate surface area is 48.1 Å². The van der Waals surface area contributed by atoms with Crippen LogP contribution in [0.25, 0.3) is 0 Å². The maximum atomic E-state index is 3.99. The zero-order valence-electron chi connectivity index (χ0n) is 4.07. The first kappa shape index (κ1) is 4.77. The molecule has 0 radical (unpaired) electrons. The molecule has 1 rings (SSSR count). The summed E-state index contributed by atoms with van der Waals surface area (Å²) < 4.78 is 1.71. The molecule has 0 saturated heterocycles. The molecular weight excluding hydrogens is 110 g/mol. The molecule has 0 atom stereocenters. The fourth-order valence-electron chi connectivity index (χ4n) is 0.430. The highest BCUT2D eigenvalue weighted by atomic mass is 32.1. The van der Waals surface area contributed by atoms with Gasteiger partial charge >= 0.3 is 0 Å². The molecule has 3 nitrogen and oxygen atoms in total. The fraction of sp³-hybridized carbons (Fsp3) is 0.667. The first-order valence-electron chi connectivity index (χ1n) is 2.00. The minimum atomic E-state index is 0.781. The van der Waals surface area contributed by atoms with Gasteiger partial charge in [0.1, 0.15) is 13.0 Å².